The molecule has 0 aliphatic rings. The van der Waals surface area contributed by atoms with Gasteiger partial charge in [0.15, 0.2) is 0 Å². The summed E-state index contributed by atoms with van der Waals surface area (Å²) in [5.74, 6) is -0.198. The topological polar surface area (TPSA) is 66.1 Å². The maximum atomic E-state index is 13.3. The van der Waals surface area contributed by atoms with Gasteiger partial charge in [0.2, 0.25) is 0 Å². The Bertz CT molecular complexity index is 1250. The average molecular weight is 383 g/mol. The summed E-state index contributed by atoms with van der Waals surface area (Å²) in [5, 5.41) is 0.943. The Morgan fingerprint density at radius 3 is 2.62 bits per heavy atom. The van der Waals surface area contributed by atoms with E-state index in [0.29, 0.717) is 11.1 Å². The van der Waals surface area contributed by atoms with Gasteiger partial charge in [-0.15, -0.1) is 0 Å². The number of aryl methyl sites for hydroxylation is 2. The summed E-state index contributed by atoms with van der Waals surface area (Å²) < 4.78 is 0. The number of carbonyl (C=O) groups is 1. The molecule has 0 aliphatic carbocycles. The van der Waals surface area contributed by atoms with Crippen LogP contribution in [0.2, 0.25) is 0 Å². The van der Waals surface area contributed by atoms with E-state index in [0.717, 1.165) is 27.7 Å². The molecule has 29 heavy (non-hydrogen) atoms. The zero-order valence-corrected chi connectivity index (χ0v) is 16.3. The molecule has 144 valence electrons. The van der Waals surface area contributed by atoms with Crippen molar-refractivity contribution in [2.45, 2.75) is 20.4 Å². The summed E-state index contributed by atoms with van der Waals surface area (Å²) in [7, 11) is 0. The van der Waals surface area contributed by atoms with E-state index < -0.39 is 0 Å². The molecule has 0 unspecified atom stereocenters. The van der Waals surface area contributed by atoms with Crippen molar-refractivity contribution in [2.75, 3.05) is 4.90 Å². The van der Waals surface area contributed by atoms with Gasteiger partial charge in [0.1, 0.15) is 0 Å². The molecule has 1 N–H and O–H groups in total. The second-order valence-electron chi connectivity index (χ2n) is 7.13. The Morgan fingerprint density at radius 2 is 1.86 bits per heavy atom. The van der Waals surface area contributed by atoms with Gasteiger partial charge >= 0.3 is 0 Å². The van der Waals surface area contributed by atoms with Crippen LogP contribution in [0.5, 0.6) is 0 Å². The van der Waals surface area contributed by atoms with Crippen LogP contribution < -0.4 is 10.5 Å². The summed E-state index contributed by atoms with van der Waals surface area (Å²) in [6, 6.07) is 18.9. The predicted molar refractivity (Wildman–Crippen MR) is 115 cm³/mol. The number of pyridine rings is 2. The number of H-pyrrole nitrogens is 1. The van der Waals surface area contributed by atoms with E-state index in [2.05, 4.69) is 9.97 Å². The molecule has 0 bridgehead atoms. The number of benzene rings is 2. The van der Waals surface area contributed by atoms with Crippen molar-refractivity contribution in [1.82, 2.24) is 9.97 Å². The molecule has 0 fully saturated rings. The van der Waals surface area contributed by atoms with Crippen LogP contribution in [0.15, 0.2) is 77.9 Å². The van der Waals surface area contributed by atoms with Crippen molar-refractivity contribution in [1.29, 1.82) is 0 Å². The van der Waals surface area contributed by atoms with Crippen LogP contribution in [0, 0.1) is 13.8 Å². The number of carbonyl (C=O) groups excluding carboxylic acids is 1. The van der Waals surface area contributed by atoms with Gasteiger partial charge < -0.3 is 9.88 Å². The number of amides is 1. The molecule has 0 saturated carbocycles. The van der Waals surface area contributed by atoms with Crippen LogP contribution in [-0.4, -0.2) is 15.9 Å². The third-order valence-electron chi connectivity index (χ3n) is 4.97. The van der Waals surface area contributed by atoms with Crippen molar-refractivity contribution in [2.24, 2.45) is 0 Å². The van der Waals surface area contributed by atoms with Crippen molar-refractivity contribution < 1.29 is 4.79 Å². The van der Waals surface area contributed by atoms with Crippen LogP contribution in [0.25, 0.3) is 10.9 Å². The summed E-state index contributed by atoms with van der Waals surface area (Å²) in [6.07, 6.45) is 3.17. The second-order valence-corrected chi connectivity index (χ2v) is 7.13. The maximum Gasteiger partial charge on any atom is 0.260 e. The van der Waals surface area contributed by atoms with E-state index in [1.54, 1.807) is 29.4 Å². The first-order chi connectivity index (χ1) is 14.0. The molecular weight excluding hydrogens is 362 g/mol. The lowest BCUT2D eigenvalue weighted by molar-refractivity contribution is 0.0984. The van der Waals surface area contributed by atoms with Crippen molar-refractivity contribution in [3.8, 4) is 0 Å². The van der Waals surface area contributed by atoms with Crippen LogP contribution in [-0.2, 0) is 6.54 Å². The molecule has 0 atom stereocenters. The van der Waals surface area contributed by atoms with Crippen molar-refractivity contribution >= 4 is 22.5 Å². The third kappa shape index (κ3) is 3.80. The van der Waals surface area contributed by atoms with Crippen LogP contribution >= 0.6 is 0 Å². The number of fused-ring (bicyclic) bond motifs is 1. The van der Waals surface area contributed by atoms with Gasteiger partial charge in [-0.2, -0.15) is 0 Å². The Morgan fingerprint density at radius 1 is 1.03 bits per heavy atom. The highest BCUT2D eigenvalue weighted by atomic mass is 16.2. The van der Waals surface area contributed by atoms with Gasteiger partial charge in [-0.3, -0.25) is 14.6 Å². The highest BCUT2D eigenvalue weighted by Crippen LogP contribution is 2.24. The number of hydrogen-bond donors (Lipinski definition) is 1. The minimum atomic E-state index is -0.198. The molecule has 0 radical (unpaired) electrons. The summed E-state index contributed by atoms with van der Waals surface area (Å²) in [5.41, 5.74) is 4.43. The molecule has 4 aromatic rings. The Hall–Kier alpha value is -3.73. The van der Waals surface area contributed by atoms with Gasteiger partial charge in [0.25, 0.3) is 11.5 Å². The molecule has 0 aliphatic heterocycles. The van der Waals surface area contributed by atoms with Crippen LogP contribution in [0.1, 0.15) is 27.0 Å². The van der Waals surface area contributed by atoms with Crippen molar-refractivity contribution in [3.63, 3.8) is 0 Å². The van der Waals surface area contributed by atoms with E-state index in [1.165, 1.54) is 0 Å². The predicted octanol–water partition coefficient (Wildman–Crippen LogP) is 4.39. The third-order valence-corrected chi connectivity index (χ3v) is 4.97. The first-order valence-corrected chi connectivity index (χ1v) is 9.43. The zero-order chi connectivity index (χ0) is 20.4. The highest BCUT2D eigenvalue weighted by Gasteiger charge is 2.21. The van der Waals surface area contributed by atoms with Gasteiger partial charge in [-0.1, -0.05) is 29.8 Å². The molecule has 2 aromatic carbocycles. The molecule has 4 rings (SSSR count). The number of aromatic amines is 1. The van der Waals surface area contributed by atoms with E-state index >= 15 is 0 Å². The Balaban J connectivity index is 1.81. The molecule has 5 nitrogen and oxygen atoms in total. The van der Waals surface area contributed by atoms with Gasteiger partial charge in [-0.05, 0) is 61.2 Å². The number of nitrogens with zero attached hydrogens (tertiary/aromatic N) is 2. The first kappa shape index (κ1) is 18.6. The normalized spacial score (nSPS) is 10.8. The Kier molecular flexibility index (Phi) is 4.96. The fraction of sp³-hybridized carbons (Fsp3) is 0.125. The fourth-order valence-electron chi connectivity index (χ4n) is 3.44. The standard InChI is InChI=1S/C24H21N3O2/c1-16-9-10-21-19(12-16)13-20(23(28)26-21)15-27(22-8-4-3-6-17(22)2)24(29)18-7-5-11-25-14-18/h3-14H,15H2,1-2H3,(H,26,28). The number of nitrogens with one attached hydrogen (secondary N) is 1. The molecule has 2 aromatic heterocycles. The first-order valence-electron chi connectivity index (χ1n) is 9.43. The molecule has 2 heterocycles. The lowest BCUT2D eigenvalue weighted by Gasteiger charge is -2.24. The maximum absolute atomic E-state index is 13.3. The van der Waals surface area contributed by atoms with Gasteiger partial charge in [-0.25, -0.2) is 0 Å². The lowest BCUT2D eigenvalue weighted by atomic mass is 10.1. The fourth-order valence-corrected chi connectivity index (χ4v) is 3.44. The Labute approximate surface area is 168 Å². The molecule has 0 saturated heterocycles. The van der Waals surface area contributed by atoms with E-state index in [-0.39, 0.29) is 18.0 Å². The SMILES string of the molecule is Cc1ccc2[nH]c(=O)c(CN(C(=O)c3cccnc3)c3ccccc3C)cc2c1. The lowest BCUT2D eigenvalue weighted by Crippen LogP contribution is -2.33. The largest absolute Gasteiger partial charge is 0.322 e. The van der Waals surface area contributed by atoms with Gasteiger partial charge in [0, 0.05) is 29.2 Å². The number of anilines is 1. The van der Waals surface area contributed by atoms with Crippen LogP contribution in [0.4, 0.5) is 5.69 Å². The quantitative estimate of drug-likeness (QED) is 0.568. The van der Waals surface area contributed by atoms with E-state index in [9.17, 15) is 9.59 Å². The molecular formula is C24H21N3O2. The van der Waals surface area contributed by atoms with Gasteiger partial charge in [0.05, 0.1) is 12.1 Å². The number of para-hydroxylation sites is 1. The second kappa shape index (κ2) is 7.72. The summed E-state index contributed by atoms with van der Waals surface area (Å²) >= 11 is 0. The highest BCUT2D eigenvalue weighted by molar-refractivity contribution is 6.06. The minimum Gasteiger partial charge on any atom is -0.322 e. The molecule has 5 heteroatoms. The number of hydrogen-bond acceptors (Lipinski definition) is 3. The minimum absolute atomic E-state index is 0.164. The van der Waals surface area contributed by atoms with E-state index in [4.69, 9.17) is 0 Å². The van der Waals surface area contributed by atoms with Crippen LogP contribution in [0.3, 0.4) is 0 Å². The summed E-state index contributed by atoms with van der Waals surface area (Å²) in [6.45, 7) is 4.13. The number of aromatic nitrogens is 2. The van der Waals surface area contributed by atoms with Crippen molar-refractivity contribution in [3.05, 3.63) is 106 Å². The monoisotopic (exact) mass is 383 g/mol. The smallest absolute Gasteiger partial charge is 0.260 e. The average Bonchev–Trinajstić information content (AvgIpc) is 2.73. The van der Waals surface area contributed by atoms with E-state index in [1.807, 2.05) is 62.4 Å². The molecule has 1 amide bonds. The molecule has 0 spiro atoms. The zero-order valence-electron chi connectivity index (χ0n) is 16.3. The summed E-state index contributed by atoms with van der Waals surface area (Å²) in [4.78, 5) is 34.7. The number of rotatable bonds is 4.